The Morgan fingerprint density at radius 2 is 1.64 bits per heavy atom. The third-order valence-electron chi connectivity index (χ3n) is 7.92. The number of carbonyl (C=O) groups is 3. The van der Waals surface area contributed by atoms with E-state index >= 15 is 0 Å². The van der Waals surface area contributed by atoms with Gasteiger partial charge in [0.2, 0.25) is 11.8 Å². The van der Waals surface area contributed by atoms with Crippen molar-refractivity contribution < 1.29 is 19.1 Å². The highest BCUT2D eigenvalue weighted by atomic mass is 35.5. The van der Waals surface area contributed by atoms with Gasteiger partial charge in [0.05, 0.1) is 16.6 Å². The van der Waals surface area contributed by atoms with Crippen molar-refractivity contribution in [1.29, 1.82) is 0 Å². The van der Waals surface area contributed by atoms with Crippen molar-refractivity contribution in [3.05, 3.63) is 94.0 Å². The highest BCUT2D eigenvalue weighted by Crippen LogP contribution is 2.63. The van der Waals surface area contributed by atoms with Gasteiger partial charge in [-0.1, -0.05) is 67.4 Å². The molecular weight excluding hydrogens is 537 g/mol. The van der Waals surface area contributed by atoms with E-state index in [0.29, 0.717) is 39.1 Å². The fourth-order valence-corrected chi connectivity index (χ4v) is 5.91. The van der Waals surface area contributed by atoms with Crippen LogP contribution in [0, 0.1) is 11.3 Å². The Morgan fingerprint density at radius 1 is 0.949 bits per heavy atom. The minimum absolute atomic E-state index is 0.0400. The molecule has 2 N–H and O–H groups in total. The second-order valence-electron chi connectivity index (χ2n) is 10.3. The molecule has 9 heteroatoms. The molecule has 0 bridgehead atoms. The van der Waals surface area contributed by atoms with Crippen molar-refractivity contribution in [2.24, 2.45) is 11.3 Å². The Labute approximate surface area is 237 Å². The lowest BCUT2D eigenvalue weighted by molar-refractivity contribution is -0.139. The van der Waals surface area contributed by atoms with Crippen molar-refractivity contribution >= 4 is 40.9 Å². The third kappa shape index (κ3) is 5.47. The van der Waals surface area contributed by atoms with Crippen molar-refractivity contribution in [3.63, 3.8) is 0 Å². The summed E-state index contributed by atoms with van der Waals surface area (Å²) >= 11 is 12.3. The fourth-order valence-electron chi connectivity index (χ4n) is 5.52. The number of rotatable bonds is 8. The number of amides is 3. The summed E-state index contributed by atoms with van der Waals surface area (Å²) in [6.45, 7) is 4.18. The number of ether oxygens (including phenoxy) is 1. The molecular formula is C30H29Cl2N3O4. The summed E-state index contributed by atoms with van der Waals surface area (Å²) in [5.41, 5.74) is 0.983. The Morgan fingerprint density at radius 3 is 2.36 bits per heavy atom. The summed E-state index contributed by atoms with van der Waals surface area (Å²) in [6.07, 6.45) is 0.566. The maximum absolute atomic E-state index is 13.3. The molecule has 3 aromatic carbocycles. The van der Waals surface area contributed by atoms with Gasteiger partial charge < -0.3 is 20.3 Å². The molecule has 1 aliphatic heterocycles. The highest BCUT2D eigenvalue weighted by Gasteiger charge is 2.69. The number of nitrogens with zero attached hydrogens (tertiary/aromatic N) is 1. The molecule has 0 radical (unpaired) electrons. The fraction of sp³-hybridized carbons (Fsp3) is 0.300. The summed E-state index contributed by atoms with van der Waals surface area (Å²) in [4.78, 5) is 40.9. The zero-order valence-corrected chi connectivity index (χ0v) is 23.1. The van der Waals surface area contributed by atoms with Crippen molar-refractivity contribution in [2.45, 2.75) is 38.9 Å². The minimum atomic E-state index is -0.618. The first-order valence-electron chi connectivity index (χ1n) is 12.8. The number of hydrogen-bond acceptors (Lipinski definition) is 4. The molecule has 5 rings (SSSR count). The van der Waals surface area contributed by atoms with Gasteiger partial charge in [-0.2, -0.15) is 0 Å². The van der Waals surface area contributed by atoms with E-state index < -0.39 is 6.04 Å². The van der Waals surface area contributed by atoms with Crippen LogP contribution in [-0.2, 0) is 16.1 Å². The van der Waals surface area contributed by atoms with Gasteiger partial charge in [0.15, 0.2) is 0 Å². The summed E-state index contributed by atoms with van der Waals surface area (Å²) < 4.78 is 5.77. The number of hydrogen-bond donors (Lipinski definition) is 2. The van der Waals surface area contributed by atoms with Crippen molar-refractivity contribution in [1.82, 2.24) is 15.5 Å². The largest absolute Gasteiger partial charge is 0.457 e. The lowest BCUT2D eigenvalue weighted by atomic mass is 9.98. The zero-order valence-electron chi connectivity index (χ0n) is 21.6. The summed E-state index contributed by atoms with van der Waals surface area (Å²) in [7, 11) is 0. The summed E-state index contributed by atoms with van der Waals surface area (Å²) in [5.74, 6) is 0.659. The Bertz CT molecular complexity index is 1400. The average Bonchev–Trinajstić information content (AvgIpc) is 3.29. The summed E-state index contributed by atoms with van der Waals surface area (Å²) in [6, 6.07) is 20.6. The Kier molecular flexibility index (Phi) is 7.56. The third-order valence-corrected chi connectivity index (χ3v) is 8.78. The first-order chi connectivity index (χ1) is 18.7. The van der Waals surface area contributed by atoms with Gasteiger partial charge in [-0.25, -0.2) is 0 Å². The van der Waals surface area contributed by atoms with E-state index in [1.807, 2.05) is 30.3 Å². The molecule has 0 aromatic heterocycles. The molecule has 2 fully saturated rings. The lowest BCUT2D eigenvalue weighted by Crippen LogP contribution is -2.51. The maximum Gasteiger partial charge on any atom is 0.251 e. The van der Waals surface area contributed by atoms with Crippen LogP contribution in [0.15, 0.2) is 72.8 Å². The number of nitrogens with one attached hydrogen (secondary N) is 2. The second kappa shape index (κ2) is 10.9. The highest BCUT2D eigenvalue weighted by molar-refractivity contribution is 6.42. The number of benzene rings is 3. The van der Waals surface area contributed by atoms with Crippen LogP contribution in [0.1, 0.15) is 36.2 Å². The molecule has 7 nitrogen and oxygen atoms in total. The molecule has 0 unspecified atom stereocenters. The number of carbonyl (C=O) groups excluding carboxylic acids is 3. The Balaban J connectivity index is 1.19. The second-order valence-corrected chi connectivity index (χ2v) is 11.1. The van der Waals surface area contributed by atoms with Crippen LogP contribution in [0.3, 0.4) is 0 Å². The minimum Gasteiger partial charge on any atom is -0.457 e. The van der Waals surface area contributed by atoms with Crippen LogP contribution in [0.4, 0.5) is 0 Å². The van der Waals surface area contributed by atoms with Gasteiger partial charge in [0.25, 0.3) is 5.91 Å². The number of halogens is 2. The monoisotopic (exact) mass is 565 g/mol. The van der Waals surface area contributed by atoms with E-state index in [1.54, 1.807) is 47.4 Å². The number of fused-ring (bicyclic) bond motifs is 1. The molecule has 1 heterocycles. The molecule has 2 aliphatic rings. The molecule has 0 spiro atoms. The van der Waals surface area contributed by atoms with Crippen LogP contribution >= 0.6 is 23.2 Å². The van der Waals surface area contributed by atoms with Crippen LogP contribution in [0.2, 0.25) is 10.0 Å². The van der Waals surface area contributed by atoms with E-state index in [9.17, 15) is 14.4 Å². The molecule has 3 aromatic rings. The van der Waals surface area contributed by atoms with E-state index in [4.69, 9.17) is 27.9 Å². The quantitative estimate of drug-likeness (QED) is 0.379. The predicted octanol–water partition coefficient (Wildman–Crippen LogP) is 5.46. The molecule has 1 aliphatic carbocycles. The van der Waals surface area contributed by atoms with Gasteiger partial charge in [-0.15, -0.1) is 0 Å². The first-order valence-corrected chi connectivity index (χ1v) is 13.6. The van der Waals surface area contributed by atoms with Crippen molar-refractivity contribution in [3.8, 4) is 11.5 Å². The summed E-state index contributed by atoms with van der Waals surface area (Å²) in [5, 5.41) is 6.42. The number of para-hydroxylation sites is 1. The molecule has 1 saturated carbocycles. The molecule has 1 saturated heterocycles. The van der Waals surface area contributed by atoms with Crippen LogP contribution in [-0.4, -0.2) is 41.2 Å². The number of piperidine rings is 1. The van der Waals surface area contributed by atoms with E-state index in [0.717, 1.165) is 0 Å². The van der Waals surface area contributed by atoms with Crippen LogP contribution in [0.5, 0.6) is 11.5 Å². The zero-order chi connectivity index (χ0) is 27.7. The van der Waals surface area contributed by atoms with Crippen LogP contribution < -0.4 is 15.4 Å². The predicted molar refractivity (Wildman–Crippen MR) is 150 cm³/mol. The van der Waals surface area contributed by atoms with E-state index in [1.165, 1.54) is 0 Å². The Hall–Kier alpha value is -3.55. The van der Waals surface area contributed by atoms with Gasteiger partial charge in [-0.3, -0.25) is 14.4 Å². The molecule has 4 atom stereocenters. The van der Waals surface area contributed by atoms with Gasteiger partial charge in [0.1, 0.15) is 17.5 Å². The van der Waals surface area contributed by atoms with Gasteiger partial charge in [0, 0.05) is 18.2 Å². The lowest BCUT2D eigenvalue weighted by Gasteiger charge is -2.28. The van der Waals surface area contributed by atoms with Gasteiger partial charge in [-0.05, 0) is 65.8 Å². The van der Waals surface area contributed by atoms with E-state index in [-0.39, 0.29) is 48.2 Å². The van der Waals surface area contributed by atoms with Crippen molar-refractivity contribution in [2.75, 3.05) is 6.54 Å². The van der Waals surface area contributed by atoms with Gasteiger partial charge >= 0.3 is 0 Å². The molecule has 39 heavy (non-hydrogen) atoms. The van der Waals surface area contributed by atoms with Crippen LogP contribution in [0.25, 0.3) is 0 Å². The molecule has 3 amide bonds. The average molecular weight is 566 g/mol. The smallest absolute Gasteiger partial charge is 0.251 e. The maximum atomic E-state index is 13.3. The van der Waals surface area contributed by atoms with E-state index in [2.05, 4.69) is 24.5 Å². The number of likely N-dealkylation sites (tertiary alicyclic amines) is 1. The topological polar surface area (TPSA) is 87.7 Å². The SMILES string of the molecule is C[C@@H]1[C@@H]2N(C(=O)CNC(=O)c3ccc(Oc4ccccc4)cc3)[C@H](C(=O)NCc3cccc(Cl)c3Cl)C[C@]12C. The first kappa shape index (κ1) is 27.0. The normalized spacial score (nSPS) is 23.1. The standard InChI is InChI=1S/C30H29Cl2N3O4/c1-18-27-30(18,2)15-24(29(38)33-16-20-7-6-10-23(31)26(20)32)35(27)25(36)17-34-28(37)19-11-13-22(14-12-19)39-21-8-4-3-5-9-21/h3-14,18,24,27H,15-17H2,1-2H3,(H,33,38)(H,34,37)/t18-,24+,27+,30-/m1/s1. The molecule has 202 valence electrons.